The first-order chi connectivity index (χ1) is 13.5. The Morgan fingerprint density at radius 2 is 2.00 bits per heavy atom. The normalized spacial score (nSPS) is 10.8. The van der Waals surface area contributed by atoms with E-state index in [4.69, 9.17) is 8.94 Å². The van der Waals surface area contributed by atoms with Crippen LogP contribution in [0.2, 0.25) is 0 Å². The third-order valence-electron chi connectivity index (χ3n) is 3.93. The van der Waals surface area contributed by atoms with Gasteiger partial charge in [0.25, 0.3) is 11.8 Å². The lowest BCUT2D eigenvalue weighted by Crippen LogP contribution is -2.30. The SMILES string of the molecule is CC(C)CNC(=O)c1cc(CN(Cc2ccco2)C(=O)c2cccnc2)on1. The van der Waals surface area contributed by atoms with Gasteiger partial charge in [-0.05, 0) is 30.2 Å². The highest BCUT2D eigenvalue weighted by atomic mass is 16.5. The van der Waals surface area contributed by atoms with Crippen LogP contribution in [0.5, 0.6) is 0 Å². The summed E-state index contributed by atoms with van der Waals surface area (Å²) < 4.78 is 10.6. The summed E-state index contributed by atoms with van der Waals surface area (Å²) in [6, 6.07) is 8.48. The van der Waals surface area contributed by atoms with E-state index in [9.17, 15) is 9.59 Å². The minimum Gasteiger partial charge on any atom is -0.467 e. The van der Waals surface area contributed by atoms with Gasteiger partial charge >= 0.3 is 0 Å². The fourth-order valence-corrected chi connectivity index (χ4v) is 2.53. The van der Waals surface area contributed by atoms with Gasteiger partial charge in [-0.25, -0.2) is 0 Å². The van der Waals surface area contributed by atoms with Crippen LogP contribution in [0.25, 0.3) is 0 Å². The van der Waals surface area contributed by atoms with E-state index in [0.717, 1.165) is 0 Å². The first-order valence-corrected chi connectivity index (χ1v) is 8.98. The van der Waals surface area contributed by atoms with Crippen molar-refractivity contribution in [2.24, 2.45) is 5.92 Å². The van der Waals surface area contributed by atoms with Crippen molar-refractivity contribution < 1.29 is 18.5 Å². The van der Waals surface area contributed by atoms with E-state index < -0.39 is 0 Å². The third-order valence-corrected chi connectivity index (χ3v) is 3.93. The lowest BCUT2D eigenvalue weighted by atomic mass is 10.2. The molecule has 8 nitrogen and oxygen atoms in total. The van der Waals surface area contributed by atoms with Crippen molar-refractivity contribution in [2.45, 2.75) is 26.9 Å². The van der Waals surface area contributed by atoms with Crippen LogP contribution in [-0.2, 0) is 13.1 Å². The van der Waals surface area contributed by atoms with E-state index >= 15 is 0 Å². The molecule has 0 saturated carbocycles. The fraction of sp³-hybridized carbons (Fsp3) is 0.300. The zero-order chi connectivity index (χ0) is 19.9. The van der Waals surface area contributed by atoms with Gasteiger partial charge in [-0.3, -0.25) is 14.6 Å². The maximum atomic E-state index is 12.9. The Bertz CT molecular complexity index is 903. The first kappa shape index (κ1) is 19.3. The molecule has 8 heteroatoms. The molecule has 0 bridgehead atoms. The molecule has 3 aromatic rings. The molecule has 146 valence electrons. The molecule has 0 fully saturated rings. The predicted octanol–water partition coefficient (Wildman–Crippen LogP) is 2.89. The molecule has 0 aliphatic heterocycles. The van der Waals surface area contributed by atoms with Crippen LogP contribution in [0.4, 0.5) is 0 Å². The first-order valence-electron chi connectivity index (χ1n) is 8.98. The van der Waals surface area contributed by atoms with Crippen molar-refractivity contribution in [2.75, 3.05) is 6.54 Å². The Labute approximate surface area is 162 Å². The number of hydrogen-bond donors (Lipinski definition) is 1. The molecule has 2 amide bonds. The number of nitrogens with one attached hydrogen (secondary N) is 1. The summed E-state index contributed by atoms with van der Waals surface area (Å²) in [4.78, 5) is 30.6. The lowest BCUT2D eigenvalue weighted by molar-refractivity contribution is 0.0699. The number of furan rings is 1. The number of aromatic nitrogens is 2. The Morgan fingerprint density at radius 1 is 1.18 bits per heavy atom. The van der Waals surface area contributed by atoms with Gasteiger partial charge in [0.1, 0.15) is 5.76 Å². The predicted molar refractivity (Wildman–Crippen MR) is 100 cm³/mol. The summed E-state index contributed by atoms with van der Waals surface area (Å²) in [6.07, 6.45) is 4.66. The van der Waals surface area contributed by atoms with Gasteiger partial charge < -0.3 is 19.2 Å². The highest BCUT2D eigenvalue weighted by Gasteiger charge is 2.21. The second kappa shape index (κ2) is 8.98. The van der Waals surface area contributed by atoms with E-state index in [1.54, 1.807) is 47.7 Å². The Balaban J connectivity index is 1.74. The number of carbonyl (C=O) groups excluding carboxylic acids is 2. The fourth-order valence-electron chi connectivity index (χ4n) is 2.53. The van der Waals surface area contributed by atoms with E-state index in [1.165, 1.54) is 6.20 Å². The molecule has 1 N–H and O–H groups in total. The smallest absolute Gasteiger partial charge is 0.273 e. The molecule has 0 saturated heterocycles. The number of pyridine rings is 1. The van der Waals surface area contributed by atoms with Crippen LogP contribution in [0.3, 0.4) is 0 Å². The van der Waals surface area contributed by atoms with Gasteiger partial charge in [-0.1, -0.05) is 19.0 Å². The number of hydrogen-bond acceptors (Lipinski definition) is 6. The summed E-state index contributed by atoms with van der Waals surface area (Å²) in [5.41, 5.74) is 0.630. The molecular formula is C20H22N4O4. The van der Waals surface area contributed by atoms with Crippen molar-refractivity contribution in [3.8, 4) is 0 Å². The highest BCUT2D eigenvalue weighted by Crippen LogP contribution is 2.15. The minimum atomic E-state index is -0.306. The summed E-state index contributed by atoms with van der Waals surface area (Å²) >= 11 is 0. The highest BCUT2D eigenvalue weighted by molar-refractivity contribution is 5.94. The second-order valence-electron chi connectivity index (χ2n) is 6.76. The van der Waals surface area contributed by atoms with Crippen LogP contribution in [0.15, 0.2) is 57.9 Å². The number of amides is 2. The summed E-state index contributed by atoms with van der Waals surface area (Å²) in [7, 11) is 0. The topological polar surface area (TPSA) is 101 Å². The van der Waals surface area contributed by atoms with Gasteiger partial charge in [0.2, 0.25) is 0 Å². The number of nitrogens with zero attached hydrogens (tertiary/aromatic N) is 3. The van der Waals surface area contributed by atoms with Crippen LogP contribution in [0.1, 0.15) is 46.2 Å². The van der Waals surface area contributed by atoms with Crippen molar-refractivity contribution in [1.82, 2.24) is 20.4 Å². The summed E-state index contributed by atoms with van der Waals surface area (Å²) in [5.74, 6) is 0.827. The van der Waals surface area contributed by atoms with E-state index in [-0.39, 0.29) is 30.6 Å². The van der Waals surface area contributed by atoms with Gasteiger partial charge in [-0.2, -0.15) is 0 Å². The van der Waals surface area contributed by atoms with Gasteiger partial charge in [0.05, 0.1) is 24.9 Å². The summed E-state index contributed by atoms with van der Waals surface area (Å²) in [6.45, 7) is 4.94. The molecule has 3 rings (SSSR count). The van der Waals surface area contributed by atoms with Crippen molar-refractivity contribution in [1.29, 1.82) is 0 Å². The number of carbonyl (C=O) groups is 2. The molecule has 0 unspecified atom stereocenters. The van der Waals surface area contributed by atoms with Crippen LogP contribution in [-0.4, -0.2) is 33.4 Å². The van der Waals surface area contributed by atoms with Crippen LogP contribution in [0, 0.1) is 5.92 Å². The third kappa shape index (κ3) is 5.06. The van der Waals surface area contributed by atoms with Crippen LogP contribution >= 0.6 is 0 Å². The quantitative estimate of drug-likeness (QED) is 0.643. The van der Waals surface area contributed by atoms with E-state index in [2.05, 4.69) is 15.5 Å². The molecule has 3 heterocycles. The maximum Gasteiger partial charge on any atom is 0.273 e. The van der Waals surface area contributed by atoms with Gasteiger partial charge in [-0.15, -0.1) is 0 Å². The second-order valence-corrected chi connectivity index (χ2v) is 6.76. The number of rotatable bonds is 8. The van der Waals surface area contributed by atoms with Crippen molar-refractivity contribution in [3.63, 3.8) is 0 Å². The standard InChI is InChI=1S/C20H22N4O4/c1-14(2)10-22-19(25)18-9-17(28-23-18)13-24(12-16-6-4-8-27-16)20(26)15-5-3-7-21-11-15/h3-9,11,14H,10,12-13H2,1-2H3,(H,22,25). The summed E-state index contributed by atoms with van der Waals surface area (Å²) in [5, 5.41) is 6.60. The molecule has 0 atom stereocenters. The molecule has 0 radical (unpaired) electrons. The monoisotopic (exact) mass is 382 g/mol. The minimum absolute atomic E-state index is 0.138. The van der Waals surface area contributed by atoms with E-state index in [1.807, 2.05) is 13.8 Å². The Kier molecular flexibility index (Phi) is 6.21. The Morgan fingerprint density at radius 3 is 2.68 bits per heavy atom. The molecule has 0 aliphatic rings. The molecular weight excluding hydrogens is 360 g/mol. The average Bonchev–Trinajstić information content (AvgIpc) is 3.38. The van der Waals surface area contributed by atoms with Crippen molar-refractivity contribution in [3.05, 3.63) is 71.8 Å². The lowest BCUT2D eigenvalue weighted by Gasteiger charge is -2.20. The molecule has 28 heavy (non-hydrogen) atoms. The zero-order valence-corrected chi connectivity index (χ0v) is 15.8. The Hall–Kier alpha value is -3.42. The molecule has 0 aliphatic carbocycles. The largest absolute Gasteiger partial charge is 0.467 e. The molecule has 3 aromatic heterocycles. The van der Waals surface area contributed by atoms with Gasteiger partial charge in [0.15, 0.2) is 11.5 Å². The van der Waals surface area contributed by atoms with E-state index in [0.29, 0.717) is 29.5 Å². The molecule has 0 aromatic carbocycles. The van der Waals surface area contributed by atoms with Gasteiger partial charge in [0, 0.05) is 25.0 Å². The van der Waals surface area contributed by atoms with Crippen molar-refractivity contribution >= 4 is 11.8 Å². The average molecular weight is 382 g/mol. The molecule has 0 spiro atoms. The zero-order valence-electron chi connectivity index (χ0n) is 15.8. The van der Waals surface area contributed by atoms with Crippen LogP contribution < -0.4 is 5.32 Å². The maximum absolute atomic E-state index is 12.9.